The summed E-state index contributed by atoms with van der Waals surface area (Å²) >= 11 is 7.46. The summed E-state index contributed by atoms with van der Waals surface area (Å²) in [7, 11) is 0. The Balaban J connectivity index is 1.71. The number of rotatable bonds is 4. The van der Waals surface area contributed by atoms with Crippen molar-refractivity contribution in [1.29, 1.82) is 0 Å². The van der Waals surface area contributed by atoms with Crippen molar-refractivity contribution in [2.75, 3.05) is 12.3 Å². The van der Waals surface area contributed by atoms with Crippen LogP contribution < -0.4 is 5.32 Å². The molecule has 1 fully saturated rings. The zero-order valence-electron chi connectivity index (χ0n) is 9.54. The Hall–Kier alpha value is 0.490. The van der Waals surface area contributed by atoms with Crippen molar-refractivity contribution in [3.63, 3.8) is 0 Å². The fourth-order valence-electron chi connectivity index (χ4n) is 2.06. The lowest BCUT2D eigenvalue weighted by molar-refractivity contribution is 0.466. The van der Waals surface area contributed by atoms with Gasteiger partial charge in [0.1, 0.15) is 0 Å². The molecule has 0 amide bonds. The van der Waals surface area contributed by atoms with E-state index in [1.165, 1.54) is 27.3 Å². The van der Waals surface area contributed by atoms with Gasteiger partial charge in [0.15, 0.2) is 0 Å². The molecule has 2 atom stereocenters. The Bertz CT molecular complexity index is 327. The van der Waals surface area contributed by atoms with Crippen LogP contribution in [0.4, 0.5) is 0 Å². The summed E-state index contributed by atoms with van der Waals surface area (Å²) in [5.74, 6) is 1.34. The Morgan fingerprint density at radius 1 is 1.50 bits per heavy atom. The van der Waals surface area contributed by atoms with Gasteiger partial charge in [-0.1, -0.05) is 6.92 Å². The maximum Gasteiger partial charge on any atom is 0.0701 e. The zero-order valence-corrected chi connectivity index (χ0v) is 12.8. The number of hydrogen-bond acceptors (Lipinski definition) is 3. The van der Waals surface area contributed by atoms with Crippen LogP contribution in [0.1, 0.15) is 24.6 Å². The average Bonchev–Trinajstić information content (AvgIpc) is 2.67. The standard InChI is InChI=1S/C12H18BrNS2/c1-9-11(3-2-8-15-9)14-7-6-10-4-5-12(13)16-10/h4-5,9,11,14H,2-3,6-8H2,1H3. The highest BCUT2D eigenvalue weighted by Gasteiger charge is 2.20. The van der Waals surface area contributed by atoms with E-state index in [2.05, 4.69) is 52.1 Å². The zero-order chi connectivity index (χ0) is 11.4. The quantitative estimate of drug-likeness (QED) is 0.902. The molecule has 2 heterocycles. The van der Waals surface area contributed by atoms with E-state index in [1.54, 1.807) is 0 Å². The van der Waals surface area contributed by atoms with Gasteiger partial charge >= 0.3 is 0 Å². The molecule has 16 heavy (non-hydrogen) atoms. The Kier molecular flexibility index (Phi) is 5.20. The Morgan fingerprint density at radius 2 is 2.38 bits per heavy atom. The molecule has 0 spiro atoms. The fraction of sp³-hybridized carbons (Fsp3) is 0.667. The second kappa shape index (κ2) is 6.43. The normalized spacial score (nSPS) is 25.9. The van der Waals surface area contributed by atoms with E-state index in [0.29, 0.717) is 0 Å². The predicted octanol–water partition coefficient (Wildman–Crippen LogP) is 3.93. The van der Waals surface area contributed by atoms with Crippen LogP contribution in [0.25, 0.3) is 0 Å². The molecule has 90 valence electrons. The molecule has 1 saturated heterocycles. The van der Waals surface area contributed by atoms with E-state index >= 15 is 0 Å². The Labute approximate surface area is 115 Å². The first kappa shape index (κ1) is 12.9. The van der Waals surface area contributed by atoms with Gasteiger partial charge in [-0.3, -0.25) is 0 Å². The minimum atomic E-state index is 0.724. The fourth-order valence-corrected chi connectivity index (χ4v) is 4.71. The topological polar surface area (TPSA) is 12.0 Å². The molecule has 0 saturated carbocycles. The first-order chi connectivity index (χ1) is 7.75. The summed E-state index contributed by atoms with van der Waals surface area (Å²) in [4.78, 5) is 1.47. The van der Waals surface area contributed by atoms with Crippen molar-refractivity contribution in [2.45, 2.75) is 37.5 Å². The van der Waals surface area contributed by atoms with Gasteiger partial charge in [0.25, 0.3) is 0 Å². The van der Waals surface area contributed by atoms with E-state index in [-0.39, 0.29) is 0 Å². The number of halogens is 1. The van der Waals surface area contributed by atoms with E-state index in [9.17, 15) is 0 Å². The second-order valence-corrected chi connectivity index (χ2v) is 8.27. The van der Waals surface area contributed by atoms with Gasteiger partial charge in [0, 0.05) is 22.7 Å². The number of hydrogen-bond donors (Lipinski definition) is 1. The molecule has 0 bridgehead atoms. The van der Waals surface area contributed by atoms with Crippen molar-refractivity contribution >= 4 is 39.0 Å². The smallest absolute Gasteiger partial charge is 0.0701 e. The summed E-state index contributed by atoms with van der Waals surface area (Å²) in [6, 6.07) is 5.08. The minimum Gasteiger partial charge on any atom is -0.313 e. The second-order valence-electron chi connectivity index (χ2n) is 4.23. The molecule has 2 unspecified atom stereocenters. The van der Waals surface area contributed by atoms with E-state index < -0.39 is 0 Å². The van der Waals surface area contributed by atoms with Gasteiger partial charge in [-0.2, -0.15) is 11.8 Å². The monoisotopic (exact) mass is 319 g/mol. The van der Waals surface area contributed by atoms with Gasteiger partial charge in [0.2, 0.25) is 0 Å². The molecule has 0 aliphatic carbocycles. The summed E-state index contributed by atoms with van der Waals surface area (Å²) in [6.07, 6.45) is 3.88. The third kappa shape index (κ3) is 3.76. The molecule has 4 heteroatoms. The van der Waals surface area contributed by atoms with Crippen LogP contribution in [0.3, 0.4) is 0 Å². The summed E-state index contributed by atoms with van der Waals surface area (Å²) in [5.41, 5.74) is 0. The molecule has 1 aromatic rings. The lowest BCUT2D eigenvalue weighted by Gasteiger charge is -2.29. The maximum absolute atomic E-state index is 3.70. The van der Waals surface area contributed by atoms with Gasteiger partial charge < -0.3 is 5.32 Å². The number of thioether (sulfide) groups is 1. The molecule has 1 aliphatic rings. The highest BCUT2D eigenvalue weighted by Crippen LogP contribution is 2.25. The maximum atomic E-state index is 3.70. The Morgan fingerprint density at radius 3 is 3.06 bits per heavy atom. The summed E-state index contributed by atoms with van der Waals surface area (Å²) in [6.45, 7) is 3.46. The molecule has 1 nitrogen and oxygen atoms in total. The van der Waals surface area contributed by atoms with Crippen molar-refractivity contribution in [1.82, 2.24) is 5.32 Å². The van der Waals surface area contributed by atoms with Gasteiger partial charge in [-0.25, -0.2) is 0 Å². The van der Waals surface area contributed by atoms with Crippen LogP contribution in [0.5, 0.6) is 0 Å². The van der Waals surface area contributed by atoms with Gasteiger partial charge in [0.05, 0.1) is 3.79 Å². The highest BCUT2D eigenvalue weighted by molar-refractivity contribution is 9.11. The van der Waals surface area contributed by atoms with Crippen molar-refractivity contribution in [2.24, 2.45) is 0 Å². The third-order valence-electron chi connectivity index (χ3n) is 3.01. The third-order valence-corrected chi connectivity index (χ3v) is 6.08. The van der Waals surface area contributed by atoms with Crippen LogP contribution in [-0.2, 0) is 6.42 Å². The van der Waals surface area contributed by atoms with E-state index in [4.69, 9.17) is 0 Å². The SMILES string of the molecule is CC1SCCCC1NCCc1ccc(Br)s1. The molecule has 1 N–H and O–H groups in total. The molecular formula is C12H18BrNS2. The molecule has 2 rings (SSSR count). The number of nitrogens with one attached hydrogen (secondary N) is 1. The predicted molar refractivity (Wildman–Crippen MR) is 78.7 cm³/mol. The molecule has 1 aromatic heterocycles. The molecule has 0 aromatic carbocycles. The summed E-state index contributed by atoms with van der Waals surface area (Å²) in [5, 5.41) is 4.48. The molecule has 1 aliphatic heterocycles. The molecular weight excluding hydrogens is 302 g/mol. The number of thiophene rings is 1. The van der Waals surface area contributed by atoms with Crippen LogP contribution in [0.2, 0.25) is 0 Å². The largest absolute Gasteiger partial charge is 0.313 e. The van der Waals surface area contributed by atoms with Crippen molar-refractivity contribution < 1.29 is 0 Å². The molecule has 0 radical (unpaired) electrons. The summed E-state index contributed by atoms with van der Waals surface area (Å²) < 4.78 is 1.24. The van der Waals surface area contributed by atoms with Crippen molar-refractivity contribution in [3.05, 3.63) is 20.8 Å². The first-order valence-corrected chi connectivity index (χ1v) is 8.51. The van der Waals surface area contributed by atoms with Gasteiger partial charge in [-0.05, 0) is 53.1 Å². The minimum absolute atomic E-state index is 0.724. The first-order valence-electron chi connectivity index (χ1n) is 5.85. The van der Waals surface area contributed by atoms with Gasteiger partial charge in [-0.15, -0.1) is 11.3 Å². The lowest BCUT2D eigenvalue weighted by atomic mass is 10.1. The van der Waals surface area contributed by atoms with Crippen molar-refractivity contribution in [3.8, 4) is 0 Å². The average molecular weight is 320 g/mol. The van der Waals surface area contributed by atoms with E-state index in [1.807, 2.05) is 11.3 Å². The van der Waals surface area contributed by atoms with E-state index in [0.717, 1.165) is 24.3 Å². The van der Waals surface area contributed by atoms with Crippen LogP contribution >= 0.6 is 39.0 Å². The van der Waals surface area contributed by atoms with Crippen LogP contribution in [-0.4, -0.2) is 23.6 Å². The van der Waals surface area contributed by atoms with Crippen LogP contribution in [0.15, 0.2) is 15.9 Å². The lowest BCUT2D eigenvalue weighted by Crippen LogP contribution is -2.40. The highest BCUT2D eigenvalue weighted by atomic mass is 79.9. The van der Waals surface area contributed by atoms with Crippen LogP contribution in [0, 0.1) is 0 Å².